The molecule has 0 radical (unpaired) electrons. The van der Waals surface area contributed by atoms with Crippen molar-refractivity contribution in [2.24, 2.45) is 23.0 Å². The number of aromatic nitrogens is 2. The lowest BCUT2D eigenvalue weighted by atomic mass is 9.58. The molecule has 188 valence electrons. The maximum Gasteiger partial charge on any atom is 0.147 e. The largest absolute Gasteiger partial charge is 0.355 e. The van der Waals surface area contributed by atoms with Gasteiger partial charge in [-0.25, -0.2) is 9.97 Å². The molecule has 36 heavy (non-hydrogen) atoms. The third-order valence-electron chi connectivity index (χ3n) is 8.86. The fourth-order valence-electron chi connectivity index (χ4n) is 7.00. The van der Waals surface area contributed by atoms with Gasteiger partial charge in [0.2, 0.25) is 0 Å². The number of hydrogen-bond donors (Lipinski definition) is 1. The van der Waals surface area contributed by atoms with Crippen LogP contribution in [-0.4, -0.2) is 29.1 Å². The van der Waals surface area contributed by atoms with E-state index >= 15 is 0 Å². The van der Waals surface area contributed by atoms with Crippen LogP contribution >= 0.6 is 35.0 Å². The van der Waals surface area contributed by atoms with Crippen LogP contribution in [0.5, 0.6) is 0 Å². The van der Waals surface area contributed by atoms with Crippen LogP contribution in [0.15, 0.2) is 64.6 Å². The van der Waals surface area contributed by atoms with E-state index in [4.69, 9.17) is 38.9 Å². The van der Waals surface area contributed by atoms with E-state index in [1.54, 1.807) is 6.07 Å². The van der Waals surface area contributed by atoms with Crippen LogP contribution in [0.4, 0.5) is 5.82 Å². The van der Waals surface area contributed by atoms with E-state index in [9.17, 15) is 0 Å². The Hall–Kier alpha value is -1.79. The molecular formula is C29H32Cl2N4S. The Balaban J connectivity index is 1.27. The normalized spacial score (nSPS) is 25.2. The highest BCUT2D eigenvalue weighted by Gasteiger charge is 2.50. The summed E-state index contributed by atoms with van der Waals surface area (Å²) in [7, 11) is 0. The molecule has 0 amide bonds. The molecule has 2 saturated carbocycles. The Morgan fingerprint density at radius 3 is 2.56 bits per heavy atom. The van der Waals surface area contributed by atoms with Crippen molar-refractivity contribution in [3.05, 3.63) is 64.8 Å². The first-order valence-corrected chi connectivity index (χ1v) is 14.7. The molecule has 2 N–H and O–H groups in total. The van der Waals surface area contributed by atoms with Gasteiger partial charge < -0.3 is 10.6 Å². The molecule has 7 heteroatoms. The van der Waals surface area contributed by atoms with Gasteiger partial charge in [-0.15, -0.1) is 0 Å². The van der Waals surface area contributed by atoms with Crippen molar-refractivity contribution in [1.82, 2.24) is 9.97 Å². The van der Waals surface area contributed by atoms with Crippen molar-refractivity contribution >= 4 is 40.8 Å². The summed E-state index contributed by atoms with van der Waals surface area (Å²) in [6, 6.07) is 16.4. The topological polar surface area (TPSA) is 55.0 Å². The van der Waals surface area contributed by atoms with Crippen molar-refractivity contribution in [3.63, 3.8) is 0 Å². The van der Waals surface area contributed by atoms with E-state index < -0.39 is 0 Å². The second-order valence-corrected chi connectivity index (χ2v) is 12.5. The van der Waals surface area contributed by atoms with Gasteiger partial charge in [0, 0.05) is 29.6 Å². The molecule has 1 saturated heterocycles. The molecule has 3 atom stereocenters. The molecule has 1 aromatic heterocycles. The van der Waals surface area contributed by atoms with Crippen LogP contribution in [-0.2, 0) is 0 Å². The minimum Gasteiger partial charge on any atom is -0.355 e. The van der Waals surface area contributed by atoms with E-state index in [-0.39, 0.29) is 0 Å². The van der Waals surface area contributed by atoms with Gasteiger partial charge in [0.25, 0.3) is 0 Å². The Bertz CT molecular complexity index is 1230. The number of piperidine rings is 1. The molecule has 0 bridgehead atoms. The summed E-state index contributed by atoms with van der Waals surface area (Å²) < 4.78 is 0. The van der Waals surface area contributed by atoms with Crippen molar-refractivity contribution in [2.75, 3.05) is 18.0 Å². The molecule has 2 heterocycles. The zero-order valence-electron chi connectivity index (χ0n) is 20.4. The second-order valence-electron chi connectivity index (χ2n) is 10.7. The molecule has 3 aliphatic rings. The first-order valence-electron chi connectivity index (χ1n) is 13.1. The Labute approximate surface area is 228 Å². The van der Waals surface area contributed by atoms with Crippen molar-refractivity contribution in [1.29, 1.82) is 0 Å². The predicted molar refractivity (Wildman–Crippen MR) is 150 cm³/mol. The maximum absolute atomic E-state index is 6.51. The standard InChI is InChI=1S/C29H32Cl2N4S/c30-22-9-4-10-24(26(22)31)36-28-27(19-6-2-1-3-7-19)34-25(18-33-28)35-16-14-29(15-17-35)13-5-8-20-21(29)11-12-23(20)32/h1-4,6-7,9-10,18,20-21,23H,5,8,11-17,32H2/t20?,21?,23-/m1/s1. The molecule has 3 aromatic rings. The average molecular weight is 540 g/mol. The third kappa shape index (κ3) is 4.53. The summed E-state index contributed by atoms with van der Waals surface area (Å²) in [4.78, 5) is 13.4. The lowest BCUT2D eigenvalue weighted by Crippen LogP contribution is -2.48. The van der Waals surface area contributed by atoms with Gasteiger partial charge in [-0.3, -0.25) is 0 Å². The van der Waals surface area contributed by atoms with Crippen LogP contribution in [0.25, 0.3) is 11.3 Å². The van der Waals surface area contributed by atoms with Crippen LogP contribution in [0, 0.1) is 17.3 Å². The first-order chi connectivity index (χ1) is 17.5. The van der Waals surface area contributed by atoms with Crippen LogP contribution in [0.1, 0.15) is 44.9 Å². The van der Waals surface area contributed by atoms with E-state index in [1.807, 2.05) is 36.5 Å². The van der Waals surface area contributed by atoms with Gasteiger partial charge in [0.15, 0.2) is 0 Å². The summed E-state index contributed by atoms with van der Waals surface area (Å²) in [6.45, 7) is 2.07. The summed E-state index contributed by atoms with van der Waals surface area (Å²) >= 11 is 14.3. The van der Waals surface area contributed by atoms with Gasteiger partial charge in [-0.2, -0.15) is 0 Å². The van der Waals surface area contributed by atoms with E-state index in [0.717, 1.165) is 51.9 Å². The maximum atomic E-state index is 6.51. The third-order valence-corrected chi connectivity index (χ3v) is 10.8. The zero-order chi connectivity index (χ0) is 24.7. The fourth-order valence-corrected chi connectivity index (χ4v) is 8.39. The van der Waals surface area contributed by atoms with Crippen molar-refractivity contribution in [3.8, 4) is 11.3 Å². The minimum absolute atomic E-state index is 0.419. The number of halogens is 2. The lowest BCUT2D eigenvalue weighted by molar-refractivity contribution is 0.0313. The summed E-state index contributed by atoms with van der Waals surface area (Å²) in [5, 5.41) is 1.92. The van der Waals surface area contributed by atoms with Crippen LogP contribution in [0.3, 0.4) is 0 Å². The van der Waals surface area contributed by atoms with Crippen LogP contribution < -0.4 is 10.6 Å². The van der Waals surface area contributed by atoms with Gasteiger partial charge in [-0.1, -0.05) is 77.8 Å². The number of anilines is 1. The molecule has 1 spiro atoms. The van der Waals surface area contributed by atoms with Crippen LogP contribution in [0.2, 0.25) is 10.0 Å². The smallest absolute Gasteiger partial charge is 0.147 e. The van der Waals surface area contributed by atoms with E-state index in [0.29, 0.717) is 21.5 Å². The molecular weight excluding hydrogens is 507 g/mol. The quantitative estimate of drug-likeness (QED) is 0.368. The number of fused-ring (bicyclic) bond motifs is 2. The molecule has 1 aliphatic heterocycles. The first kappa shape index (κ1) is 24.5. The molecule has 2 unspecified atom stereocenters. The minimum atomic E-state index is 0.419. The molecule has 6 rings (SSSR count). The van der Waals surface area contributed by atoms with Crippen molar-refractivity contribution < 1.29 is 0 Å². The monoisotopic (exact) mass is 538 g/mol. The molecule has 3 fully saturated rings. The van der Waals surface area contributed by atoms with E-state index in [1.165, 1.54) is 56.7 Å². The Morgan fingerprint density at radius 2 is 1.75 bits per heavy atom. The lowest BCUT2D eigenvalue weighted by Gasteiger charge is -2.51. The zero-order valence-corrected chi connectivity index (χ0v) is 22.7. The SMILES string of the molecule is N[C@@H]1CCC2C1CCCC21CCN(c2cnc(Sc3cccc(Cl)c3Cl)c(-c3ccccc3)n2)CC1. The van der Waals surface area contributed by atoms with Crippen molar-refractivity contribution in [2.45, 2.75) is 60.9 Å². The number of rotatable bonds is 4. The highest BCUT2D eigenvalue weighted by molar-refractivity contribution is 7.99. The fraction of sp³-hybridized carbons (Fsp3) is 0.448. The highest BCUT2D eigenvalue weighted by atomic mass is 35.5. The Morgan fingerprint density at radius 1 is 0.944 bits per heavy atom. The second kappa shape index (κ2) is 10.2. The van der Waals surface area contributed by atoms with E-state index in [2.05, 4.69) is 17.0 Å². The number of nitrogens with two attached hydrogens (primary N) is 1. The van der Waals surface area contributed by atoms with Gasteiger partial charge in [-0.05, 0) is 67.9 Å². The number of hydrogen-bond acceptors (Lipinski definition) is 5. The van der Waals surface area contributed by atoms with Gasteiger partial charge >= 0.3 is 0 Å². The molecule has 2 aromatic carbocycles. The highest BCUT2D eigenvalue weighted by Crippen LogP contribution is 2.56. The average Bonchev–Trinajstić information content (AvgIpc) is 3.30. The predicted octanol–water partition coefficient (Wildman–Crippen LogP) is 7.73. The summed E-state index contributed by atoms with van der Waals surface area (Å²) in [6.07, 6.45) is 11.0. The number of benzene rings is 2. The molecule has 2 aliphatic carbocycles. The van der Waals surface area contributed by atoms with Gasteiger partial charge in [0.05, 0.1) is 16.2 Å². The summed E-state index contributed by atoms with van der Waals surface area (Å²) in [5.41, 5.74) is 8.92. The number of nitrogens with zero attached hydrogens (tertiary/aromatic N) is 3. The van der Waals surface area contributed by atoms with Gasteiger partial charge in [0.1, 0.15) is 16.5 Å². The molecule has 4 nitrogen and oxygen atoms in total. The summed E-state index contributed by atoms with van der Waals surface area (Å²) in [5.74, 6) is 2.51. The Kier molecular flexibility index (Phi) is 6.93.